The van der Waals surface area contributed by atoms with E-state index in [1.54, 1.807) is 0 Å². The molecule has 2 heterocycles. The third kappa shape index (κ3) is 1.94. The van der Waals surface area contributed by atoms with E-state index >= 15 is 0 Å². The number of alkyl halides is 2. The molecule has 2 aromatic heterocycles. The first kappa shape index (κ1) is 12.1. The van der Waals surface area contributed by atoms with Gasteiger partial charge in [0, 0.05) is 6.20 Å². The first-order valence-electron chi connectivity index (χ1n) is 4.30. The van der Waals surface area contributed by atoms with E-state index in [1.807, 2.05) is 0 Å². The topological polar surface area (TPSA) is 54.6 Å². The van der Waals surface area contributed by atoms with Gasteiger partial charge in [-0.15, -0.1) is 0 Å². The van der Waals surface area contributed by atoms with Crippen LogP contribution in [0.4, 0.5) is 8.78 Å². The summed E-state index contributed by atoms with van der Waals surface area (Å²) in [5, 5.41) is 9.04. The average molecular weight is 281 g/mol. The highest BCUT2D eigenvalue weighted by Gasteiger charge is 2.26. The van der Waals surface area contributed by atoms with Gasteiger partial charge >= 0.3 is 5.97 Å². The van der Waals surface area contributed by atoms with Crippen molar-refractivity contribution < 1.29 is 18.7 Å². The summed E-state index contributed by atoms with van der Waals surface area (Å²) in [5.74, 6) is -1.52. The minimum Gasteiger partial charge on any atom is -0.476 e. The number of nitrogens with zero attached hydrogens (tertiary/aromatic N) is 2. The molecule has 17 heavy (non-hydrogen) atoms. The largest absolute Gasteiger partial charge is 0.476 e. The smallest absolute Gasteiger partial charge is 0.355 e. The highest BCUT2D eigenvalue weighted by atomic mass is 35.5. The van der Waals surface area contributed by atoms with Crippen LogP contribution in [0.1, 0.15) is 22.6 Å². The molecule has 4 nitrogen and oxygen atoms in total. The lowest BCUT2D eigenvalue weighted by molar-refractivity contribution is 0.0675. The van der Waals surface area contributed by atoms with Gasteiger partial charge in [0.05, 0.1) is 10.0 Å². The second-order valence-corrected chi connectivity index (χ2v) is 4.00. The molecule has 1 N–H and O–H groups in total. The molecule has 0 bridgehead atoms. The van der Waals surface area contributed by atoms with Crippen LogP contribution in [0.2, 0.25) is 10.0 Å². The summed E-state index contributed by atoms with van der Waals surface area (Å²) < 4.78 is 26.2. The Morgan fingerprint density at radius 3 is 2.65 bits per heavy atom. The van der Waals surface area contributed by atoms with Gasteiger partial charge in [0.1, 0.15) is 5.69 Å². The minimum atomic E-state index is -3.00. The Morgan fingerprint density at radius 2 is 2.12 bits per heavy atom. The predicted octanol–water partition coefficient (Wildman–Crippen LogP) is 3.28. The van der Waals surface area contributed by atoms with Crippen LogP contribution in [0.5, 0.6) is 0 Å². The zero-order valence-electron chi connectivity index (χ0n) is 7.99. The molecule has 0 radical (unpaired) electrons. The molecule has 0 aliphatic rings. The Balaban J connectivity index is 2.90. The molecule has 0 saturated heterocycles. The summed E-state index contributed by atoms with van der Waals surface area (Å²) >= 11 is 11.4. The normalized spacial score (nSPS) is 11.4. The quantitative estimate of drug-likeness (QED) is 0.919. The van der Waals surface area contributed by atoms with Gasteiger partial charge in [-0.05, 0) is 6.07 Å². The van der Waals surface area contributed by atoms with Gasteiger partial charge < -0.3 is 5.11 Å². The molecule has 0 amide bonds. The number of aromatic carboxylic acids is 1. The fourth-order valence-corrected chi connectivity index (χ4v) is 1.97. The van der Waals surface area contributed by atoms with Crippen LogP contribution >= 0.6 is 23.2 Å². The third-order valence-corrected chi connectivity index (χ3v) is 2.56. The molecule has 0 saturated carbocycles. The highest BCUT2D eigenvalue weighted by molar-refractivity contribution is 6.36. The Bertz CT molecular complexity index is 613. The zero-order chi connectivity index (χ0) is 12.7. The van der Waals surface area contributed by atoms with Crippen LogP contribution in [-0.2, 0) is 0 Å². The molecular formula is C9H4Cl2F2N2O2. The lowest BCUT2D eigenvalue weighted by atomic mass is 10.3. The molecular weight excluding hydrogens is 277 g/mol. The number of carboxylic acids is 1. The van der Waals surface area contributed by atoms with Crippen molar-refractivity contribution in [3.63, 3.8) is 0 Å². The van der Waals surface area contributed by atoms with E-state index in [2.05, 4.69) is 4.98 Å². The summed E-state index contributed by atoms with van der Waals surface area (Å²) in [6, 6.07) is 1.30. The van der Waals surface area contributed by atoms with E-state index in [-0.39, 0.29) is 15.7 Å². The number of carboxylic acid groups (broad SMARTS) is 1. The molecule has 0 aromatic carbocycles. The van der Waals surface area contributed by atoms with Crippen molar-refractivity contribution in [2.45, 2.75) is 6.43 Å². The fourth-order valence-electron chi connectivity index (χ4n) is 1.46. The van der Waals surface area contributed by atoms with E-state index in [1.165, 1.54) is 12.3 Å². The van der Waals surface area contributed by atoms with Crippen LogP contribution in [0, 0.1) is 0 Å². The van der Waals surface area contributed by atoms with E-state index < -0.39 is 23.8 Å². The first-order valence-corrected chi connectivity index (χ1v) is 5.06. The Hall–Kier alpha value is -1.40. The van der Waals surface area contributed by atoms with E-state index in [4.69, 9.17) is 28.3 Å². The summed E-state index contributed by atoms with van der Waals surface area (Å²) in [4.78, 5) is 14.5. The Labute approximate surface area is 103 Å². The van der Waals surface area contributed by atoms with Gasteiger partial charge in [0.2, 0.25) is 0 Å². The molecule has 0 atom stereocenters. The summed E-state index contributed by atoms with van der Waals surface area (Å²) in [6.07, 6.45) is -1.83. The van der Waals surface area contributed by atoms with E-state index in [9.17, 15) is 13.6 Å². The summed E-state index contributed by atoms with van der Waals surface area (Å²) in [7, 11) is 0. The van der Waals surface area contributed by atoms with Crippen LogP contribution in [0.15, 0.2) is 12.3 Å². The van der Waals surface area contributed by atoms with E-state index in [0.717, 1.165) is 4.40 Å². The van der Waals surface area contributed by atoms with Crippen molar-refractivity contribution in [1.29, 1.82) is 0 Å². The Kier molecular flexibility index (Phi) is 2.92. The van der Waals surface area contributed by atoms with Gasteiger partial charge in [-0.25, -0.2) is 18.6 Å². The molecule has 0 spiro atoms. The number of hydrogen-bond donors (Lipinski definition) is 1. The van der Waals surface area contributed by atoms with E-state index in [0.29, 0.717) is 0 Å². The van der Waals surface area contributed by atoms with Crippen molar-refractivity contribution in [3.05, 3.63) is 33.7 Å². The van der Waals surface area contributed by atoms with Gasteiger partial charge in [-0.3, -0.25) is 4.40 Å². The molecule has 2 aromatic rings. The van der Waals surface area contributed by atoms with Gasteiger partial charge in [0.25, 0.3) is 6.43 Å². The number of aromatic nitrogens is 2. The van der Waals surface area contributed by atoms with Gasteiger partial charge in [-0.2, -0.15) is 0 Å². The van der Waals surface area contributed by atoms with Gasteiger partial charge in [0.15, 0.2) is 11.3 Å². The number of imidazole rings is 1. The average Bonchev–Trinajstić information content (AvgIpc) is 2.56. The van der Waals surface area contributed by atoms with Gasteiger partial charge in [-0.1, -0.05) is 23.2 Å². The van der Waals surface area contributed by atoms with Crippen molar-refractivity contribution in [1.82, 2.24) is 9.38 Å². The number of carbonyl (C=O) groups is 1. The number of fused-ring (bicyclic) bond motifs is 1. The summed E-state index contributed by atoms with van der Waals surface area (Å²) in [6.45, 7) is 0. The SMILES string of the molecule is O=C(O)c1c(C(F)F)nc2c(Cl)cc(Cl)cn12. The van der Waals surface area contributed by atoms with Crippen LogP contribution in [0.25, 0.3) is 5.65 Å². The van der Waals surface area contributed by atoms with Crippen molar-refractivity contribution >= 4 is 34.8 Å². The lowest BCUT2D eigenvalue weighted by Gasteiger charge is -2.00. The highest BCUT2D eigenvalue weighted by Crippen LogP contribution is 2.28. The minimum absolute atomic E-state index is 0.00639. The molecule has 2 rings (SSSR count). The number of rotatable bonds is 2. The first-order chi connectivity index (χ1) is 7.91. The number of pyridine rings is 1. The third-order valence-electron chi connectivity index (χ3n) is 2.08. The van der Waals surface area contributed by atoms with Crippen LogP contribution in [-0.4, -0.2) is 20.5 Å². The van der Waals surface area contributed by atoms with Crippen LogP contribution < -0.4 is 0 Å². The lowest BCUT2D eigenvalue weighted by Crippen LogP contribution is -2.05. The van der Waals surface area contributed by atoms with Crippen LogP contribution in [0.3, 0.4) is 0 Å². The summed E-state index contributed by atoms with van der Waals surface area (Å²) in [5.41, 5.74) is -1.54. The predicted molar refractivity (Wildman–Crippen MR) is 57.1 cm³/mol. The number of halogens is 4. The number of hydrogen-bond acceptors (Lipinski definition) is 2. The zero-order valence-corrected chi connectivity index (χ0v) is 9.51. The molecule has 0 unspecified atom stereocenters. The second-order valence-electron chi connectivity index (χ2n) is 3.15. The molecule has 0 aliphatic carbocycles. The second kappa shape index (κ2) is 4.12. The maximum Gasteiger partial charge on any atom is 0.355 e. The standard InChI is InChI=1S/C9H4Cl2F2N2O2/c10-3-1-4(11)8-14-5(7(12)13)6(9(16)17)15(8)2-3/h1-2,7H,(H,16,17). The molecule has 0 aliphatic heterocycles. The molecule has 8 heteroatoms. The van der Waals surface area contributed by atoms with Crippen molar-refractivity contribution in [3.8, 4) is 0 Å². The van der Waals surface area contributed by atoms with Crippen molar-refractivity contribution in [2.24, 2.45) is 0 Å². The maximum atomic E-state index is 12.6. The molecule has 0 fully saturated rings. The monoisotopic (exact) mass is 280 g/mol. The molecule has 90 valence electrons. The fraction of sp³-hybridized carbons (Fsp3) is 0.111. The maximum absolute atomic E-state index is 12.6. The van der Waals surface area contributed by atoms with Crippen molar-refractivity contribution in [2.75, 3.05) is 0 Å². The Morgan fingerprint density at radius 1 is 1.47 bits per heavy atom.